The van der Waals surface area contributed by atoms with Gasteiger partial charge in [-0.3, -0.25) is 0 Å². The third kappa shape index (κ3) is 11.3. The van der Waals surface area contributed by atoms with Crippen LogP contribution in [-0.4, -0.2) is 83.5 Å². The minimum Gasteiger partial charge on any atom is -0.424 e. The second-order valence-electron chi connectivity index (χ2n) is 18.1. The predicted molar refractivity (Wildman–Crippen MR) is 222 cm³/mol. The van der Waals surface area contributed by atoms with Gasteiger partial charge in [0.25, 0.3) is 0 Å². The molecule has 6 atom stereocenters. The molecule has 68 heavy (non-hydrogen) atoms. The number of alkyl halides is 6. The molecule has 4 bridgehead atoms. The van der Waals surface area contributed by atoms with Gasteiger partial charge in [0.15, 0.2) is 46.8 Å². The lowest BCUT2D eigenvalue weighted by Crippen LogP contribution is -2.43. The van der Waals surface area contributed by atoms with Gasteiger partial charge < -0.3 is 33.3 Å². The summed E-state index contributed by atoms with van der Waals surface area (Å²) in [6.07, 6.45) is -2.08. The minimum absolute atomic E-state index is 0.00824. The summed E-state index contributed by atoms with van der Waals surface area (Å²) in [6, 6.07) is 6.39. The van der Waals surface area contributed by atoms with E-state index in [9.17, 15) is 40.4 Å². The predicted octanol–water partition coefficient (Wildman–Crippen LogP) is 9.76. The van der Waals surface area contributed by atoms with Crippen molar-refractivity contribution in [3.05, 3.63) is 65.5 Å². The summed E-state index contributed by atoms with van der Waals surface area (Å²) in [5, 5.41) is 22.3. The average Bonchev–Trinajstić information content (AvgIpc) is 4.06. The van der Waals surface area contributed by atoms with Gasteiger partial charge in [-0.2, -0.15) is 30.4 Å². The van der Waals surface area contributed by atoms with Gasteiger partial charge >= 0.3 is 30.8 Å². The Hall–Kier alpha value is -6.41. The van der Waals surface area contributed by atoms with Crippen LogP contribution in [0.5, 0.6) is 35.0 Å². The lowest BCUT2D eigenvalue weighted by Gasteiger charge is -2.36. The van der Waals surface area contributed by atoms with Crippen molar-refractivity contribution in [2.24, 2.45) is 35.5 Å². The maximum absolute atomic E-state index is 14.1. The van der Waals surface area contributed by atoms with Crippen LogP contribution in [0.4, 0.5) is 41.1 Å². The molecule has 5 heterocycles. The maximum Gasteiger partial charge on any atom is 0.573 e. The molecule has 4 fully saturated rings. The van der Waals surface area contributed by atoms with Crippen LogP contribution in [0.2, 0.25) is 0 Å². The van der Waals surface area contributed by atoms with Crippen molar-refractivity contribution in [1.29, 1.82) is 5.26 Å². The number of hydrogen-bond acceptors (Lipinski definition) is 14. The van der Waals surface area contributed by atoms with Crippen LogP contribution in [-0.2, 0) is 12.8 Å². The van der Waals surface area contributed by atoms with E-state index in [0.29, 0.717) is 71.8 Å². The fraction of sp³-hybridized carbons (Fsp3) is 0.568. The molecular formula is C44H49F8N11O5. The van der Waals surface area contributed by atoms with Gasteiger partial charge in [0.2, 0.25) is 0 Å². The van der Waals surface area contributed by atoms with Gasteiger partial charge in [-0.15, -0.1) is 26.3 Å². The topological polar surface area (TPSA) is 168 Å². The Morgan fingerprint density at radius 3 is 1.46 bits per heavy atom. The van der Waals surface area contributed by atoms with E-state index >= 15 is 0 Å². The molecule has 5 aromatic rings. The number of likely N-dealkylation sites (tertiary alicyclic amines) is 1. The molecule has 24 heteroatoms. The number of hydrogen-bond donors (Lipinski definition) is 0. The highest BCUT2D eigenvalue weighted by Crippen LogP contribution is 2.45. The van der Waals surface area contributed by atoms with Crippen molar-refractivity contribution in [3.8, 4) is 41.2 Å². The normalized spacial score (nSPS) is 22.3. The number of nitriles is 1. The number of aromatic nitrogens is 8. The first-order valence-electron chi connectivity index (χ1n) is 22.3. The minimum atomic E-state index is -4.99. The van der Waals surface area contributed by atoms with Crippen LogP contribution in [0.15, 0.2) is 40.9 Å². The van der Waals surface area contributed by atoms with Crippen molar-refractivity contribution >= 4 is 6.01 Å². The summed E-state index contributed by atoms with van der Waals surface area (Å²) in [5.41, 5.74) is 0. The molecule has 0 radical (unpaired) electrons. The first kappa shape index (κ1) is 48.1. The molecule has 2 unspecified atom stereocenters. The Morgan fingerprint density at radius 2 is 1.10 bits per heavy atom. The number of rotatable bonds is 13. The second-order valence-corrected chi connectivity index (χ2v) is 18.1. The number of piperidine rings is 2. The van der Waals surface area contributed by atoms with Gasteiger partial charge in [-0.25, -0.2) is 18.1 Å². The zero-order valence-electron chi connectivity index (χ0n) is 37.6. The van der Waals surface area contributed by atoms with Crippen LogP contribution >= 0.6 is 0 Å². The van der Waals surface area contributed by atoms with Crippen molar-refractivity contribution in [2.75, 3.05) is 31.1 Å². The number of ether oxygens (including phenoxy) is 4. The summed E-state index contributed by atoms with van der Waals surface area (Å²) in [6.45, 7) is 12.5. The molecule has 0 spiro atoms. The van der Waals surface area contributed by atoms with Gasteiger partial charge in [0.1, 0.15) is 11.5 Å². The SMILES string of the molecule is CC(C)n1nc(CC2[C@@H]3CC[C@H]2CN(C#N)C3)nc1Oc1ccc(OC(F)(F)F)c(F)c1.Cc1noc(N2C[C@H]3CC[C@@H](C2)C3Cc2nc(Oc3ccc(OC(F)(F)F)c(F)c3)n(C(C)C)n2)n1. The average molecular weight is 964 g/mol. The Balaban J connectivity index is 0.000000185. The van der Waals surface area contributed by atoms with Gasteiger partial charge in [-0.05, 0) is 120 Å². The molecule has 0 amide bonds. The van der Waals surface area contributed by atoms with Crippen LogP contribution in [0.3, 0.4) is 0 Å². The number of aryl methyl sites for hydroxylation is 1. The van der Waals surface area contributed by atoms with Crippen LogP contribution in [0.25, 0.3) is 0 Å². The molecular weight excluding hydrogens is 915 g/mol. The Bertz CT molecular complexity index is 2560. The number of benzene rings is 2. The summed E-state index contributed by atoms with van der Waals surface area (Å²) in [4.78, 5) is 17.4. The van der Waals surface area contributed by atoms with Crippen molar-refractivity contribution in [2.45, 2.75) is 98.0 Å². The summed E-state index contributed by atoms with van der Waals surface area (Å²) < 4.78 is 130. The van der Waals surface area contributed by atoms with E-state index in [0.717, 1.165) is 76.1 Å². The highest BCUT2D eigenvalue weighted by atomic mass is 19.4. The first-order chi connectivity index (χ1) is 32.2. The standard InChI is InChI=1S/C23H26F4N6O3.C21H23F4N5O2/c1-12(2)33-22(34-16-6-7-19(18(24)8-16)35-23(25,26)27)29-20(30-33)9-17-14-4-5-15(17)11-32(10-14)21-28-13(3)31-36-21;1-12(2)30-20(31-15-5-6-18(17(22)7-15)32-21(23,24)25)27-19(28-30)8-16-13-3-4-14(16)10-29(9-13)11-26/h6-8,12,14-15,17H,4-5,9-11H2,1-3H3;5-7,12-14,16H,3-4,8-10H2,1-2H3/t14-,15+,17?;13-,14+,16?. The van der Waals surface area contributed by atoms with E-state index in [1.165, 1.54) is 12.1 Å². The number of fused-ring (bicyclic) bond motifs is 4. The Labute approximate surface area is 385 Å². The van der Waals surface area contributed by atoms with Crippen molar-refractivity contribution in [1.82, 2.24) is 44.6 Å². The summed E-state index contributed by atoms with van der Waals surface area (Å²) in [5.74, 6) is -0.00130. The molecule has 2 saturated heterocycles. The molecule has 0 N–H and O–H groups in total. The fourth-order valence-electron chi connectivity index (χ4n) is 9.81. The van der Waals surface area contributed by atoms with E-state index in [1.54, 1.807) is 16.3 Å². The zero-order chi connectivity index (χ0) is 48.7. The molecule has 2 saturated carbocycles. The molecule has 2 aromatic carbocycles. The van der Waals surface area contributed by atoms with Crippen molar-refractivity contribution < 1.29 is 58.6 Å². The first-order valence-corrected chi connectivity index (χ1v) is 22.3. The lowest BCUT2D eigenvalue weighted by molar-refractivity contribution is -0.276. The number of nitrogens with zero attached hydrogens (tertiary/aromatic N) is 11. The van der Waals surface area contributed by atoms with E-state index in [4.69, 9.17) is 14.0 Å². The monoisotopic (exact) mass is 963 g/mol. The number of anilines is 1. The van der Waals surface area contributed by atoms with Crippen LogP contribution in [0.1, 0.15) is 82.9 Å². The quantitative estimate of drug-likeness (QED) is 0.0808. The summed E-state index contributed by atoms with van der Waals surface area (Å²) in [7, 11) is 0. The van der Waals surface area contributed by atoms with E-state index < -0.39 is 35.9 Å². The zero-order valence-corrected chi connectivity index (χ0v) is 37.6. The third-order valence-corrected chi connectivity index (χ3v) is 12.8. The molecule has 16 nitrogen and oxygen atoms in total. The molecule has 4 aliphatic rings. The highest BCUT2D eigenvalue weighted by Gasteiger charge is 2.45. The van der Waals surface area contributed by atoms with E-state index in [-0.39, 0.29) is 35.6 Å². The van der Waals surface area contributed by atoms with Gasteiger partial charge in [0.05, 0.1) is 12.1 Å². The molecule has 2 aliphatic carbocycles. The van der Waals surface area contributed by atoms with Gasteiger partial charge in [0, 0.05) is 51.2 Å². The van der Waals surface area contributed by atoms with E-state index in [1.807, 2.05) is 32.6 Å². The van der Waals surface area contributed by atoms with E-state index in [2.05, 4.69) is 50.9 Å². The largest absolute Gasteiger partial charge is 0.573 e. The number of halogens is 8. The Morgan fingerprint density at radius 1 is 0.676 bits per heavy atom. The second kappa shape index (κ2) is 19.3. The fourth-order valence-corrected chi connectivity index (χ4v) is 9.81. The Kier molecular flexibility index (Phi) is 13.6. The lowest BCUT2D eigenvalue weighted by atomic mass is 9.82. The van der Waals surface area contributed by atoms with Gasteiger partial charge in [-0.1, -0.05) is 5.16 Å². The molecule has 2 aliphatic heterocycles. The van der Waals surface area contributed by atoms with Crippen LogP contribution in [0, 0.1) is 65.5 Å². The molecule has 366 valence electrons. The summed E-state index contributed by atoms with van der Waals surface area (Å²) >= 11 is 0. The van der Waals surface area contributed by atoms with Crippen LogP contribution < -0.4 is 23.8 Å². The smallest absolute Gasteiger partial charge is 0.424 e. The highest BCUT2D eigenvalue weighted by molar-refractivity contribution is 5.36. The third-order valence-electron chi connectivity index (χ3n) is 12.8. The van der Waals surface area contributed by atoms with Crippen molar-refractivity contribution in [3.63, 3.8) is 0 Å². The maximum atomic E-state index is 14.1. The molecule has 3 aromatic heterocycles. The molecule has 9 rings (SSSR count).